The average molecular weight is 678 g/mol. The molecule has 0 atom stereocenters. The third kappa shape index (κ3) is 5.63. The molecule has 0 radical (unpaired) electrons. The van der Waals surface area contributed by atoms with E-state index in [9.17, 15) is 0 Å². The predicted octanol–water partition coefficient (Wildman–Crippen LogP) is 12.9. The first-order valence-electron chi connectivity index (χ1n) is 17.8. The molecule has 0 amide bonds. The molecule has 0 saturated heterocycles. The van der Waals surface area contributed by atoms with E-state index in [2.05, 4.69) is 133 Å². The minimum Gasteiger partial charge on any atom is -0.455 e. The monoisotopic (exact) mass is 677 g/mol. The number of fused-ring (bicyclic) bond motifs is 4. The zero-order valence-electron chi connectivity index (χ0n) is 28.6. The lowest BCUT2D eigenvalue weighted by Crippen LogP contribution is -2.00. The van der Waals surface area contributed by atoms with Gasteiger partial charge in [-0.25, -0.2) is 15.0 Å². The molecule has 0 unspecified atom stereocenters. The third-order valence-corrected chi connectivity index (χ3v) is 9.96. The quantitative estimate of drug-likeness (QED) is 0.176. The van der Waals surface area contributed by atoms with E-state index in [0.29, 0.717) is 17.5 Å². The Labute approximate surface area is 306 Å². The smallest absolute Gasteiger partial charge is 0.164 e. The molecule has 0 aliphatic carbocycles. The average Bonchev–Trinajstić information content (AvgIpc) is 3.64. The van der Waals surface area contributed by atoms with Crippen molar-refractivity contribution in [1.29, 1.82) is 0 Å². The molecule has 10 rings (SSSR count). The van der Waals surface area contributed by atoms with Crippen molar-refractivity contribution in [3.63, 3.8) is 0 Å². The van der Waals surface area contributed by atoms with Crippen LogP contribution in [0.2, 0.25) is 0 Å². The summed E-state index contributed by atoms with van der Waals surface area (Å²) in [7, 11) is 0. The molecule has 4 nitrogen and oxygen atoms in total. The fraction of sp³-hybridized carbons (Fsp3) is 0. The standard InChI is InChI=1S/C49H31N3O/c1-3-11-32(12-4-1)34-19-24-36(25-20-34)41-29-30-43(45-42-17-9-10-18-44(42)53-46(41)45)49-51-47(37-14-5-2-6-15-37)50-48(52-49)38-26-21-35(22-27-38)40-28-23-33-13-7-8-16-39(33)31-40/h1-31H. The maximum Gasteiger partial charge on any atom is 0.164 e. The van der Waals surface area contributed by atoms with Gasteiger partial charge in [0.05, 0.1) is 0 Å². The maximum absolute atomic E-state index is 6.66. The van der Waals surface area contributed by atoms with E-state index >= 15 is 0 Å². The second-order valence-corrected chi connectivity index (χ2v) is 13.2. The summed E-state index contributed by atoms with van der Waals surface area (Å²) in [5, 5.41) is 4.45. The zero-order chi connectivity index (χ0) is 35.1. The van der Waals surface area contributed by atoms with Crippen molar-refractivity contribution in [2.24, 2.45) is 0 Å². The highest BCUT2D eigenvalue weighted by atomic mass is 16.3. The van der Waals surface area contributed by atoms with E-state index in [1.54, 1.807) is 0 Å². The lowest BCUT2D eigenvalue weighted by atomic mass is 9.96. The fourth-order valence-electron chi connectivity index (χ4n) is 7.24. The van der Waals surface area contributed by atoms with Crippen LogP contribution < -0.4 is 0 Å². The highest BCUT2D eigenvalue weighted by Crippen LogP contribution is 2.42. The number of nitrogens with zero attached hydrogens (tertiary/aromatic N) is 3. The van der Waals surface area contributed by atoms with Gasteiger partial charge >= 0.3 is 0 Å². The van der Waals surface area contributed by atoms with Gasteiger partial charge in [0.15, 0.2) is 17.5 Å². The van der Waals surface area contributed by atoms with Gasteiger partial charge in [-0.15, -0.1) is 0 Å². The van der Waals surface area contributed by atoms with Crippen LogP contribution in [0.5, 0.6) is 0 Å². The van der Waals surface area contributed by atoms with E-state index in [0.717, 1.165) is 55.3 Å². The van der Waals surface area contributed by atoms with Gasteiger partial charge in [-0.3, -0.25) is 0 Å². The van der Waals surface area contributed by atoms with Crippen LogP contribution in [0.1, 0.15) is 0 Å². The molecular weight excluding hydrogens is 647 g/mol. The zero-order valence-corrected chi connectivity index (χ0v) is 28.6. The Bertz CT molecular complexity index is 2910. The predicted molar refractivity (Wildman–Crippen MR) is 217 cm³/mol. The Hall–Kier alpha value is -7.17. The van der Waals surface area contributed by atoms with Gasteiger partial charge < -0.3 is 4.42 Å². The molecule has 0 aliphatic rings. The van der Waals surface area contributed by atoms with Crippen LogP contribution in [0, 0.1) is 0 Å². The highest BCUT2D eigenvalue weighted by molar-refractivity contribution is 6.15. The third-order valence-electron chi connectivity index (χ3n) is 9.96. The Balaban J connectivity index is 1.11. The fourth-order valence-corrected chi connectivity index (χ4v) is 7.24. The summed E-state index contributed by atoms with van der Waals surface area (Å²) in [5.74, 6) is 1.82. The van der Waals surface area contributed by atoms with E-state index in [4.69, 9.17) is 19.4 Å². The van der Waals surface area contributed by atoms with Crippen LogP contribution in [-0.2, 0) is 0 Å². The molecule has 0 fully saturated rings. The molecule has 0 bridgehead atoms. The number of benzene rings is 8. The second-order valence-electron chi connectivity index (χ2n) is 13.2. The van der Waals surface area contributed by atoms with Crippen LogP contribution in [0.15, 0.2) is 192 Å². The second kappa shape index (κ2) is 12.9. The summed E-state index contributed by atoms with van der Waals surface area (Å²) in [4.78, 5) is 15.3. The molecule has 2 heterocycles. The van der Waals surface area contributed by atoms with E-state index in [-0.39, 0.29) is 0 Å². The number of aromatic nitrogens is 3. The molecule has 0 spiro atoms. The first-order valence-corrected chi connectivity index (χ1v) is 17.8. The largest absolute Gasteiger partial charge is 0.455 e. The van der Waals surface area contributed by atoms with Crippen molar-refractivity contribution in [3.8, 4) is 67.5 Å². The first kappa shape index (κ1) is 30.6. The molecule has 4 heteroatoms. The van der Waals surface area contributed by atoms with Gasteiger partial charge in [-0.05, 0) is 62.9 Å². The Morgan fingerprint density at radius 1 is 0.321 bits per heavy atom. The first-order chi connectivity index (χ1) is 26.2. The Morgan fingerprint density at radius 3 is 1.55 bits per heavy atom. The molecule has 10 aromatic rings. The van der Waals surface area contributed by atoms with Crippen LogP contribution >= 0.6 is 0 Å². The summed E-state index contributed by atoms with van der Waals surface area (Å²) in [6.45, 7) is 0. The van der Waals surface area contributed by atoms with Gasteiger partial charge in [-0.1, -0.05) is 164 Å². The van der Waals surface area contributed by atoms with Crippen LogP contribution in [0.3, 0.4) is 0 Å². The molecule has 0 aliphatic heterocycles. The van der Waals surface area contributed by atoms with Crippen molar-refractivity contribution in [3.05, 3.63) is 188 Å². The Kier molecular flexibility index (Phi) is 7.43. The lowest BCUT2D eigenvalue weighted by molar-refractivity contribution is 0.670. The van der Waals surface area contributed by atoms with Crippen LogP contribution in [0.25, 0.3) is 100 Å². The van der Waals surface area contributed by atoms with Gasteiger partial charge in [-0.2, -0.15) is 0 Å². The maximum atomic E-state index is 6.66. The van der Waals surface area contributed by atoms with E-state index in [1.165, 1.54) is 27.5 Å². The van der Waals surface area contributed by atoms with Crippen LogP contribution in [-0.4, -0.2) is 15.0 Å². The summed E-state index contributed by atoms with van der Waals surface area (Å²) >= 11 is 0. The number of furan rings is 1. The van der Waals surface area contributed by atoms with E-state index < -0.39 is 0 Å². The number of rotatable bonds is 6. The molecule has 8 aromatic carbocycles. The summed E-state index contributed by atoms with van der Waals surface area (Å²) in [6, 6.07) is 65.2. The molecular formula is C49H31N3O. The van der Waals surface area contributed by atoms with Gasteiger partial charge in [0.25, 0.3) is 0 Å². The minimum absolute atomic E-state index is 0.593. The molecule has 0 saturated carbocycles. The summed E-state index contributed by atoms with van der Waals surface area (Å²) in [5.41, 5.74) is 11.1. The SMILES string of the molecule is c1ccc(-c2ccc(-c3ccc(-c4nc(-c5ccccc5)nc(-c5ccc(-c6ccc7ccccc7c6)cc5)n4)c4c3oc3ccccc34)cc2)cc1. The van der Waals surface area contributed by atoms with Crippen molar-refractivity contribution in [1.82, 2.24) is 15.0 Å². The topological polar surface area (TPSA) is 51.8 Å². The van der Waals surface area contributed by atoms with Gasteiger partial charge in [0.1, 0.15) is 11.2 Å². The van der Waals surface area contributed by atoms with Crippen molar-refractivity contribution < 1.29 is 4.42 Å². The number of hydrogen-bond donors (Lipinski definition) is 0. The molecule has 2 aromatic heterocycles. The minimum atomic E-state index is 0.593. The highest BCUT2D eigenvalue weighted by Gasteiger charge is 2.21. The summed E-state index contributed by atoms with van der Waals surface area (Å²) in [6.07, 6.45) is 0. The lowest BCUT2D eigenvalue weighted by Gasteiger charge is -2.11. The molecule has 248 valence electrons. The number of hydrogen-bond acceptors (Lipinski definition) is 4. The summed E-state index contributed by atoms with van der Waals surface area (Å²) < 4.78 is 6.66. The van der Waals surface area contributed by atoms with Gasteiger partial charge in [0.2, 0.25) is 0 Å². The number of para-hydroxylation sites is 1. The van der Waals surface area contributed by atoms with Crippen molar-refractivity contribution in [2.75, 3.05) is 0 Å². The van der Waals surface area contributed by atoms with E-state index in [1.807, 2.05) is 54.6 Å². The normalized spacial score (nSPS) is 11.4. The van der Waals surface area contributed by atoms with Gasteiger partial charge in [0, 0.05) is 33.0 Å². The van der Waals surface area contributed by atoms with Crippen molar-refractivity contribution >= 4 is 32.7 Å². The Morgan fingerprint density at radius 2 is 0.811 bits per heavy atom. The molecule has 53 heavy (non-hydrogen) atoms. The van der Waals surface area contributed by atoms with Crippen LogP contribution in [0.4, 0.5) is 0 Å². The van der Waals surface area contributed by atoms with Crippen molar-refractivity contribution in [2.45, 2.75) is 0 Å². The molecule has 0 N–H and O–H groups in total.